The van der Waals surface area contributed by atoms with E-state index in [4.69, 9.17) is 4.98 Å². The molecule has 3 aromatic heterocycles. The molecule has 0 bridgehead atoms. The van der Waals surface area contributed by atoms with E-state index in [-0.39, 0.29) is 0 Å². The van der Waals surface area contributed by atoms with Crippen molar-refractivity contribution in [2.75, 3.05) is 4.90 Å². The molecule has 44 heavy (non-hydrogen) atoms. The monoisotopic (exact) mass is 568 g/mol. The van der Waals surface area contributed by atoms with Crippen molar-refractivity contribution in [3.63, 3.8) is 0 Å². The molecule has 0 unspecified atom stereocenters. The molecule has 0 atom stereocenters. The van der Waals surface area contributed by atoms with Crippen molar-refractivity contribution in [3.05, 3.63) is 151 Å². The lowest BCUT2D eigenvalue weighted by atomic mass is 10.0. The number of benzene rings is 5. The van der Waals surface area contributed by atoms with Crippen molar-refractivity contribution in [1.82, 2.24) is 18.7 Å². The Balaban J connectivity index is 1.31. The molecule has 1 aliphatic rings. The van der Waals surface area contributed by atoms with E-state index in [1.807, 2.05) is 12.3 Å². The van der Waals surface area contributed by atoms with Crippen LogP contribution in [0.1, 0.15) is 11.1 Å². The number of rotatable bonds is 3. The van der Waals surface area contributed by atoms with Crippen LogP contribution in [0.4, 0.5) is 17.1 Å². The van der Waals surface area contributed by atoms with Crippen LogP contribution in [0.15, 0.2) is 140 Å². The highest BCUT2D eigenvalue weighted by Crippen LogP contribution is 2.44. The summed E-state index contributed by atoms with van der Waals surface area (Å²) in [7, 11) is 2.11. The molecule has 210 valence electrons. The molecule has 0 saturated heterocycles. The minimum absolute atomic E-state index is 0.919. The Labute approximate surface area is 255 Å². The summed E-state index contributed by atoms with van der Waals surface area (Å²) < 4.78 is 6.78. The first kappa shape index (κ1) is 24.9. The summed E-state index contributed by atoms with van der Waals surface area (Å²) in [5, 5.41) is 2.45. The minimum atomic E-state index is 0.919. The van der Waals surface area contributed by atoms with Gasteiger partial charge in [-0.1, -0.05) is 48.5 Å². The second-order valence-electron chi connectivity index (χ2n) is 11.6. The molecule has 5 aromatic carbocycles. The number of imidazole rings is 1. The number of anilines is 3. The number of aromatic nitrogens is 4. The molecule has 0 N–H and O–H groups in total. The zero-order chi connectivity index (χ0) is 29.2. The predicted octanol–water partition coefficient (Wildman–Crippen LogP) is 9.31. The normalized spacial score (nSPS) is 12.9. The summed E-state index contributed by atoms with van der Waals surface area (Å²) in [6.07, 6.45) is 6.03. The van der Waals surface area contributed by atoms with Gasteiger partial charge in [-0.25, -0.2) is 9.55 Å². The first-order valence-corrected chi connectivity index (χ1v) is 15.2. The van der Waals surface area contributed by atoms with Crippen molar-refractivity contribution in [1.29, 1.82) is 0 Å². The molecule has 5 nitrogen and oxygen atoms in total. The first-order chi connectivity index (χ1) is 21.7. The lowest BCUT2D eigenvalue weighted by Gasteiger charge is -2.27. The van der Waals surface area contributed by atoms with Gasteiger partial charge in [0, 0.05) is 59.7 Å². The van der Waals surface area contributed by atoms with Crippen LogP contribution >= 0.6 is 0 Å². The highest BCUT2D eigenvalue weighted by atomic mass is 15.2. The molecule has 1 aliphatic heterocycles. The van der Waals surface area contributed by atoms with E-state index in [1.165, 1.54) is 44.3 Å². The predicted molar refractivity (Wildman–Crippen MR) is 181 cm³/mol. The van der Waals surface area contributed by atoms with E-state index in [1.54, 1.807) is 0 Å². The van der Waals surface area contributed by atoms with Crippen LogP contribution in [-0.4, -0.2) is 18.7 Å². The highest BCUT2D eigenvalue weighted by Gasteiger charge is 2.26. The lowest BCUT2D eigenvalue weighted by Crippen LogP contribution is -2.12. The van der Waals surface area contributed by atoms with E-state index in [2.05, 4.69) is 153 Å². The Morgan fingerprint density at radius 1 is 0.568 bits per heavy atom. The van der Waals surface area contributed by atoms with Crippen LogP contribution in [0.3, 0.4) is 0 Å². The molecular weight excluding hydrogens is 538 g/mol. The first-order valence-electron chi connectivity index (χ1n) is 15.2. The number of hydrogen-bond acceptors (Lipinski definition) is 2. The molecule has 8 aromatic rings. The second kappa shape index (κ2) is 9.68. The van der Waals surface area contributed by atoms with Gasteiger partial charge in [-0.2, -0.15) is 4.57 Å². The average molecular weight is 569 g/mol. The maximum absolute atomic E-state index is 4.77. The van der Waals surface area contributed by atoms with Crippen molar-refractivity contribution < 1.29 is 0 Å². The van der Waals surface area contributed by atoms with Gasteiger partial charge in [-0.15, -0.1) is 0 Å². The Kier molecular flexibility index (Phi) is 5.47. The van der Waals surface area contributed by atoms with Gasteiger partial charge in [0.25, 0.3) is 0 Å². The zero-order valence-corrected chi connectivity index (χ0v) is 24.4. The van der Waals surface area contributed by atoms with Crippen molar-refractivity contribution in [2.24, 2.45) is 7.05 Å². The number of pyridine rings is 1. The van der Waals surface area contributed by atoms with Crippen LogP contribution in [-0.2, 0) is 19.9 Å². The average Bonchev–Trinajstić information content (AvgIpc) is 3.53. The van der Waals surface area contributed by atoms with Gasteiger partial charge in [0.05, 0.1) is 16.7 Å². The summed E-state index contributed by atoms with van der Waals surface area (Å²) in [6.45, 7) is 0. The maximum Gasteiger partial charge on any atom is 0.191 e. The smallest absolute Gasteiger partial charge is 0.191 e. The molecule has 0 fully saturated rings. The van der Waals surface area contributed by atoms with E-state index < -0.39 is 0 Å². The number of nitrogens with zero attached hydrogens (tertiary/aromatic N) is 5. The van der Waals surface area contributed by atoms with Crippen molar-refractivity contribution in [2.45, 2.75) is 12.8 Å². The van der Waals surface area contributed by atoms with Gasteiger partial charge in [-0.3, -0.25) is 4.57 Å². The standard InChI is InChI=1S/C39H30N5/c1-41-26-42(36-15-7-6-14-35(36)41)29-20-19-28-18-17-27-10-2-4-12-33(27)43(37(28)24-29)30-21-22-32-31-11-3-5-13-34(31)44(38(32)25-30)39-16-8-9-23-40-39/h2-16,19-26H,17-18H2,1H3/q+1. The third-order valence-electron chi connectivity index (χ3n) is 9.09. The van der Waals surface area contributed by atoms with Gasteiger partial charge in [0.15, 0.2) is 17.4 Å². The quantitative estimate of drug-likeness (QED) is 0.199. The summed E-state index contributed by atoms with van der Waals surface area (Å²) in [6, 6.07) is 46.0. The van der Waals surface area contributed by atoms with E-state index in [0.29, 0.717) is 0 Å². The zero-order valence-electron chi connectivity index (χ0n) is 24.4. The van der Waals surface area contributed by atoms with Crippen molar-refractivity contribution in [3.8, 4) is 11.5 Å². The summed E-state index contributed by atoms with van der Waals surface area (Å²) in [5.41, 5.74) is 12.1. The summed E-state index contributed by atoms with van der Waals surface area (Å²) in [4.78, 5) is 7.23. The molecule has 0 aliphatic carbocycles. The molecule has 5 heteroatoms. The van der Waals surface area contributed by atoms with Crippen LogP contribution in [0, 0.1) is 0 Å². The van der Waals surface area contributed by atoms with E-state index in [0.717, 1.165) is 41.1 Å². The van der Waals surface area contributed by atoms with Gasteiger partial charge < -0.3 is 4.90 Å². The van der Waals surface area contributed by atoms with Gasteiger partial charge in [-0.05, 0) is 78.6 Å². The van der Waals surface area contributed by atoms with Gasteiger partial charge in [0.1, 0.15) is 11.5 Å². The summed E-state index contributed by atoms with van der Waals surface area (Å²) >= 11 is 0. The molecule has 0 saturated carbocycles. The number of aryl methyl sites for hydroxylation is 3. The van der Waals surface area contributed by atoms with E-state index >= 15 is 0 Å². The Bertz CT molecular complexity index is 2360. The fraction of sp³-hybridized carbons (Fsp3) is 0.0769. The van der Waals surface area contributed by atoms with E-state index in [9.17, 15) is 0 Å². The van der Waals surface area contributed by atoms with Gasteiger partial charge >= 0.3 is 0 Å². The number of para-hydroxylation sites is 4. The Morgan fingerprint density at radius 3 is 2.14 bits per heavy atom. The fourth-order valence-corrected chi connectivity index (χ4v) is 7.04. The molecular formula is C39H30N5+. The third-order valence-corrected chi connectivity index (χ3v) is 9.09. The van der Waals surface area contributed by atoms with Crippen LogP contribution < -0.4 is 4.90 Å². The van der Waals surface area contributed by atoms with Crippen LogP contribution in [0.5, 0.6) is 0 Å². The summed E-state index contributed by atoms with van der Waals surface area (Å²) in [5.74, 6) is 0.919. The Hall–Kier alpha value is -5.68. The topological polar surface area (TPSA) is 30.9 Å². The highest BCUT2D eigenvalue weighted by molar-refractivity contribution is 6.10. The molecule has 4 heterocycles. The van der Waals surface area contributed by atoms with Crippen LogP contribution in [0.2, 0.25) is 0 Å². The third kappa shape index (κ3) is 3.72. The Morgan fingerprint density at radius 2 is 1.27 bits per heavy atom. The molecule has 0 spiro atoms. The molecule has 0 radical (unpaired) electrons. The molecule has 9 rings (SSSR count). The minimum Gasteiger partial charge on any atom is -0.309 e. The second-order valence-corrected chi connectivity index (χ2v) is 11.6. The van der Waals surface area contributed by atoms with Crippen molar-refractivity contribution >= 4 is 49.9 Å². The van der Waals surface area contributed by atoms with Crippen LogP contribution in [0.25, 0.3) is 44.3 Å². The fourth-order valence-electron chi connectivity index (χ4n) is 7.04. The number of hydrogen-bond donors (Lipinski definition) is 0. The van der Waals surface area contributed by atoms with Gasteiger partial charge in [0.2, 0.25) is 0 Å². The lowest BCUT2D eigenvalue weighted by molar-refractivity contribution is 0.909. The SMILES string of the molecule is Cn1[cH+]n(-c2ccc3c(c2)N(c2ccc4c5ccccc5n(-c5ccccn5)c4c2)c2ccccc2CC3)c2ccccc21. The molecule has 0 amide bonds. The number of fused-ring (bicyclic) bond motifs is 6. The largest absolute Gasteiger partial charge is 0.309 e. The maximum atomic E-state index is 4.77.